The number of carboxylic acid groups (broad SMARTS) is 1. The van der Waals surface area contributed by atoms with Gasteiger partial charge in [-0.1, -0.05) is 23.2 Å². The molecule has 0 saturated carbocycles. The number of carbonyl (C=O) groups is 1. The first kappa shape index (κ1) is 14.4. The molecule has 1 aromatic carbocycles. The van der Waals surface area contributed by atoms with Crippen LogP contribution >= 0.6 is 23.2 Å². The summed E-state index contributed by atoms with van der Waals surface area (Å²) in [7, 11) is 0. The number of aromatic carboxylic acids is 1. The first-order chi connectivity index (χ1) is 9.99. The summed E-state index contributed by atoms with van der Waals surface area (Å²) in [5.74, 6) is -1.08. The summed E-state index contributed by atoms with van der Waals surface area (Å²) in [6.07, 6.45) is 0.581. The molecule has 0 radical (unpaired) electrons. The molecule has 5 nitrogen and oxygen atoms in total. The average molecular weight is 327 g/mol. The van der Waals surface area contributed by atoms with Crippen LogP contribution in [0.2, 0.25) is 10.0 Å². The number of rotatable bonds is 2. The van der Waals surface area contributed by atoms with Crippen molar-refractivity contribution in [3.8, 4) is 5.69 Å². The van der Waals surface area contributed by atoms with E-state index < -0.39 is 5.97 Å². The SMILES string of the molecule is Cc1cc(Cl)c(-n2nc(C(=O)O)c3c2CCOC3)cc1Cl. The second-order valence-corrected chi connectivity index (χ2v) is 5.66. The maximum atomic E-state index is 11.3. The van der Waals surface area contributed by atoms with E-state index >= 15 is 0 Å². The van der Waals surface area contributed by atoms with E-state index in [1.165, 1.54) is 0 Å². The van der Waals surface area contributed by atoms with Crippen LogP contribution in [-0.2, 0) is 17.8 Å². The molecule has 21 heavy (non-hydrogen) atoms. The van der Waals surface area contributed by atoms with Crippen LogP contribution in [0.15, 0.2) is 12.1 Å². The van der Waals surface area contributed by atoms with Crippen LogP contribution in [0.25, 0.3) is 5.69 Å². The van der Waals surface area contributed by atoms with Gasteiger partial charge in [0.25, 0.3) is 0 Å². The molecule has 7 heteroatoms. The molecule has 0 aliphatic carbocycles. The van der Waals surface area contributed by atoms with E-state index in [0.717, 1.165) is 11.3 Å². The van der Waals surface area contributed by atoms with E-state index in [1.54, 1.807) is 16.8 Å². The van der Waals surface area contributed by atoms with E-state index in [4.69, 9.17) is 27.9 Å². The van der Waals surface area contributed by atoms with Gasteiger partial charge in [-0.15, -0.1) is 0 Å². The van der Waals surface area contributed by atoms with E-state index in [9.17, 15) is 9.90 Å². The zero-order valence-electron chi connectivity index (χ0n) is 11.2. The van der Waals surface area contributed by atoms with E-state index in [-0.39, 0.29) is 12.3 Å². The second-order valence-electron chi connectivity index (χ2n) is 4.85. The lowest BCUT2D eigenvalue weighted by atomic mass is 10.1. The van der Waals surface area contributed by atoms with Gasteiger partial charge in [0.15, 0.2) is 5.69 Å². The van der Waals surface area contributed by atoms with Gasteiger partial charge < -0.3 is 9.84 Å². The van der Waals surface area contributed by atoms with Gasteiger partial charge >= 0.3 is 5.97 Å². The molecule has 0 fully saturated rings. The minimum atomic E-state index is -1.08. The molecule has 0 unspecified atom stereocenters. The smallest absolute Gasteiger partial charge is 0.356 e. The molecular weight excluding hydrogens is 315 g/mol. The van der Waals surface area contributed by atoms with Gasteiger partial charge in [0, 0.05) is 17.0 Å². The number of aromatic nitrogens is 2. The van der Waals surface area contributed by atoms with Gasteiger partial charge in [-0.3, -0.25) is 0 Å². The largest absolute Gasteiger partial charge is 0.476 e. The molecule has 3 rings (SSSR count). The number of ether oxygens (including phenoxy) is 1. The molecule has 1 aromatic heterocycles. The third kappa shape index (κ3) is 2.41. The normalized spacial score (nSPS) is 14.0. The van der Waals surface area contributed by atoms with Gasteiger partial charge in [-0.05, 0) is 24.6 Å². The van der Waals surface area contributed by atoms with Crippen LogP contribution in [0.4, 0.5) is 0 Å². The van der Waals surface area contributed by atoms with Gasteiger partial charge in [-0.25, -0.2) is 9.48 Å². The number of fused-ring (bicyclic) bond motifs is 1. The van der Waals surface area contributed by atoms with Crippen LogP contribution in [0.3, 0.4) is 0 Å². The highest BCUT2D eigenvalue weighted by Gasteiger charge is 2.26. The number of aryl methyl sites for hydroxylation is 1. The number of halogens is 2. The van der Waals surface area contributed by atoms with Crippen LogP contribution in [-0.4, -0.2) is 27.5 Å². The number of benzene rings is 1. The Morgan fingerprint density at radius 3 is 2.86 bits per heavy atom. The van der Waals surface area contributed by atoms with Gasteiger partial charge in [-0.2, -0.15) is 5.10 Å². The lowest BCUT2D eigenvalue weighted by Crippen LogP contribution is -2.14. The fourth-order valence-corrected chi connectivity index (χ4v) is 2.86. The van der Waals surface area contributed by atoms with Crippen LogP contribution in [0, 0.1) is 6.92 Å². The molecule has 0 saturated heterocycles. The molecular formula is C14H12Cl2N2O3. The molecule has 1 aliphatic heterocycles. The third-order valence-electron chi connectivity index (χ3n) is 3.48. The van der Waals surface area contributed by atoms with Crippen molar-refractivity contribution in [3.63, 3.8) is 0 Å². The predicted octanol–water partition coefficient (Wildman–Crippen LogP) is 3.26. The number of hydrogen-bond acceptors (Lipinski definition) is 3. The Morgan fingerprint density at radius 2 is 2.14 bits per heavy atom. The molecule has 0 amide bonds. The van der Waals surface area contributed by atoms with E-state index in [1.807, 2.05) is 6.92 Å². The average Bonchev–Trinajstić information content (AvgIpc) is 2.82. The predicted molar refractivity (Wildman–Crippen MR) is 78.6 cm³/mol. The Balaban J connectivity index is 2.24. The van der Waals surface area contributed by atoms with Gasteiger partial charge in [0.05, 0.1) is 29.6 Å². The van der Waals surface area contributed by atoms with Crippen molar-refractivity contribution in [2.24, 2.45) is 0 Å². The summed E-state index contributed by atoms with van der Waals surface area (Å²) in [4.78, 5) is 11.3. The van der Waals surface area contributed by atoms with Crippen LogP contribution in [0.1, 0.15) is 27.3 Å². The van der Waals surface area contributed by atoms with Crippen LogP contribution < -0.4 is 0 Å². The number of hydrogen-bond donors (Lipinski definition) is 1. The molecule has 110 valence electrons. The van der Waals surface area contributed by atoms with E-state index in [2.05, 4.69) is 5.10 Å². The maximum absolute atomic E-state index is 11.3. The van der Waals surface area contributed by atoms with Crippen molar-refractivity contribution in [2.45, 2.75) is 20.0 Å². The quantitative estimate of drug-likeness (QED) is 0.919. The lowest BCUT2D eigenvalue weighted by Gasteiger charge is -2.16. The minimum Gasteiger partial charge on any atom is -0.476 e. The molecule has 0 atom stereocenters. The van der Waals surface area contributed by atoms with Crippen molar-refractivity contribution in [2.75, 3.05) is 6.61 Å². The van der Waals surface area contributed by atoms with Gasteiger partial charge in [0.1, 0.15) is 0 Å². The summed E-state index contributed by atoms with van der Waals surface area (Å²) < 4.78 is 6.90. The molecule has 1 N–H and O–H groups in total. The summed E-state index contributed by atoms with van der Waals surface area (Å²) >= 11 is 12.4. The Labute approximate surface area is 131 Å². The zero-order valence-corrected chi connectivity index (χ0v) is 12.7. The van der Waals surface area contributed by atoms with Crippen molar-refractivity contribution in [1.29, 1.82) is 0 Å². The first-order valence-electron chi connectivity index (χ1n) is 6.37. The summed E-state index contributed by atoms with van der Waals surface area (Å²) in [6.45, 7) is 2.62. The monoisotopic (exact) mass is 326 g/mol. The highest BCUT2D eigenvalue weighted by atomic mass is 35.5. The lowest BCUT2D eigenvalue weighted by molar-refractivity contribution is 0.0677. The van der Waals surface area contributed by atoms with E-state index in [0.29, 0.717) is 34.3 Å². The van der Waals surface area contributed by atoms with Crippen molar-refractivity contribution >= 4 is 29.2 Å². The highest BCUT2D eigenvalue weighted by Crippen LogP contribution is 2.31. The maximum Gasteiger partial charge on any atom is 0.356 e. The summed E-state index contributed by atoms with van der Waals surface area (Å²) in [6, 6.07) is 3.45. The third-order valence-corrected chi connectivity index (χ3v) is 4.19. The standard InChI is InChI=1S/C14H12Cl2N2O3/c1-7-4-10(16)12(5-9(7)15)18-11-2-3-21-6-8(11)13(17-18)14(19)20/h4-5H,2-3,6H2,1H3,(H,19,20). The Hall–Kier alpha value is -1.56. The summed E-state index contributed by atoms with van der Waals surface area (Å²) in [5, 5.41) is 14.5. The van der Waals surface area contributed by atoms with Crippen molar-refractivity contribution in [1.82, 2.24) is 9.78 Å². The fourth-order valence-electron chi connectivity index (χ4n) is 2.41. The Kier molecular flexibility index (Phi) is 3.65. The second kappa shape index (κ2) is 5.33. The molecule has 2 aromatic rings. The summed E-state index contributed by atoms with van der Waals surface area (Å²) in [5.41, 5.74) is 2.84. The molecule has 2 heterocycles. The molecule has 1 aliphatic rings. The topological polar surface area (TPSA) is 64.4 Å². The van der Waals surface area contributed by atoms with Gasteiger partial charge in [0.2, 0.25) is 0 Å². The van der Waals surface area contributed by atoms with Crippen molar-refractivity contribution < 1.29 is 14.6 Å². The van der Waals surface area contributed by atoms with Crippen LogP contribution in [0.5, 0.6) is 0 Å². The minimum absolute atomic E-state index is 0.00235. The van der Waals surface area contributed by atoms with Crippen molar-refractivity contribution in [3.05, 3.63) is 44.7 Å². The molecule has 0 spiro atoms. The number of carboxylic acids is 1. The number of nitrogens with zero attached hydrogens (tertiary/aromatic N) is 2. The molecule has 0 bridgehead atoms. The Morgan fingerprint density at radius 1 is 1.38 bits per heavy atom. The highest BCUT2D eigenvalue weighted by molar-refractivity contribution is 6.35. The fraction of sp³-hybridized carbons (Fsp3) is 0.286. The zero-order chi connectivity index (χ0) is 15.1. The Bertz CT molecular complexity index is 740. The first-order valence-corrected chi connectivity index (χ1v) is 7.12.